The van der Waals surface area contributed by atoms with Crippen LogP contribution in [0.15, 0.2) is 0 Å². The van der Waals surface area contributed by atoms with Crippen molar-refractivity contribution in [3.05, 3.63) is 0 Å². The van der Waals surface area contributed by atoms with Gasteiger partial charge >= 0.3 is 39.5 Å². The number of aliphatic hydroxyl groups is 1. The van der Waals surface area contributed by atoms with E-state index < -0.39 is 97.5 Å². The average molecular weight is 1350 g/mol. The minimum Gasteiger partial charge on any atom is -0.462 e. The second-order valence-electron chi connectivity index (χ2n) is 26.3. The summed E-state index contributed by atoms with van der Waals surface area (Å²) in [6.07, 6.45) is 56.9. The van der Waals surface area contributed by atoms with Crippen LogP contribution in [0.2, 0.25) is 0 Å². The van der Waals surface area contributed by atoms with Gasteiger partial charge in [0.15, 0.2) is 12.2 Å². The van der Waals surface area contributed by atoms with Crippen LogP contribution in [-0.4, -0.2) is 96.7 Å². The summed E-state index contributed by atoms with van der Waals surface area (Å²) in [6.45, 7) is 4.94. The molecule has 19 heteroatoms. The van der Waals surface area contributed by atoms with E-state index in [4.69, 9.17) is 37.0 Å². The molecule has 0 radical (unpaired) electrons. The van der Waals surface area contributed by atoms with E-state index in [0.29, 0.717) is 25.7 Å². The second kappa shape index (κ2) is 67.6. The largest absolute Gasteiger partial charge is 0.472 e. The van der Waals surface area contributed by atoms with Crippen LogP contribution >= 0.6 is 15.6 Å². The number of esters is 4. The first kappa shape index (κ1) is 90.1. The highest BCUT2D eigenvalue weighted by Gasteiger charge is 2.30. The smallest absolute Gasteiger partial charge is 0.462 e. The van der Waals surface area contributed by atoms with Crippen LogP contribution in [0.3, 0.4) is 0 Å². The monoisotopic (exact) mass is 1350 g/mol. The van der Waals surface area contributed by atoms with Crippen molar-refractivity contribution in [1.82, 2.24) is 0 Å². The number of hydrogen-bond donors (Lipinski definition) is 3. The normalized spacial score (nSPS) is 13.9. The van der Waals surface area contributed by atoms with Crippen molar-refractivity contribution in [3.8, 4) is 0 Å². The summed E-state index contributed by atoms with van der Waals surface area (Å²) in [6, 6.07) is 0. The van der Waals surface area contributed by atoms with Crippen molar-refractivity contribution in [2.45, 2.75) is 406 Å². The number of ether oxygens (including phenoxy) is 4. The molecule has 0 aromatic carbocycles. The SMILES string of the molecule is CCCCCCCCCCCCCCCCCCCCCC(=O)O[C@H](COC(=O)CCCCCCCCCCCCCCCCC)COP(=O)(O)OC[C@@H](O)COP(=O)(O)OC[C@@H](COC(=O)CCCCCCCCCCC)OC(=O)CCCCCCCCCCC. The Labute approximate surface area is 562 Å². The molecular formula is C73H142O17P2. The number of carbonyl (C=O) groups excluding carboxylic acids is 4. The molecule has 0 aliphatic heterocycles. The first-order valence-electron chi connectivity index (χ1n) is 38.3. The molecule has 0 spiro atoms. The van der Waals surface area contributed by atoms with Gasteiger partial charge in [0.1, 0.15) is 19.3 Å². The summed E-state index contributed by atoms with van der Waals surface area (Å²) in [7, 11) is -9.90. The summed E-state index contributed by atoms with van der Waals surface area (Å²) in [5, 5.41) is 10.6. The summed E-state index contributed by atoms with van der Waals surface area (Å²) in [5.41, 5.74) is 0. The van der Waals surface area contributed by atoms with E-state index in [-0.39, 0.29) is 25.7 Å². The molecule has 0 aliphatic rings. The average Bonchev–Trinajstić information content (AvgIpc) is 2.84. The number of phosphoric acid groups is 2. The second-order valence-corrected chi connectivity index (χ2v) is 29.2. The fourth-order valence-electron chi connectivity index (χ4n) is 11.2. The standard InChI is InChI=1S/C73H142O17P2/c1-5-9-13-17-21-25-27-29-31-32-33-34-36-38-40-44-48-52-56-60-73(78)90-69(64-84-71(76)58-54-50-46-43-39-37-35-30-28-26-22-18-14-10-6-2)66-88-92(81,82)86-62-67(74)61-85-91(79,80)87-65-68(89-72(77)59-55-51-47-42-24-20-16-12-8-4)63-83-70(75)57-53-49-45-41-23-19-15-11-7-3/h67-69,74H,5-66H2,1-4H3,(H,79,80)(H,81,82)/t67-,68+,69+/m0/s1. The third kappa shape index (κ3) is 66.7. The molecule has 3 N–H and O–H groups in total. The Morgan fingerprint density at radius 2 is 0.435 bits per heavy atom. The lowest BCUT2D eigenvalue weighted by Crippen LogP contribution is -2.30. The van der Waals surface area contributed by atoms with Gasteiger partial charge in [-0.2, -0.15) is 0 Å². The van der Waals surface area contributed by atoms with Gasteiger partial charge in [0.2, 0.25) is 0 Å². The zero-order chi connectivity index (χ0) is 67.5. The fraction of sp³-hybridized carbons (Fsp3) is 0.945. The van der Waals surface area contributed by atoms with E-state index in [0.717, 1.165) is 89.9 Å². The highest BCUT2D eigenvalue weighted by atomic mass is 31.2. The molecule has 546 valence electrons. The topological polar surface area (TPSA) is 237 Å². The van der Waals surface area contributed by atoms with Crippen LogP contribution < -0.4 is 0 Å². The molecule has 5 atom stereocenters. The Balaban J connectivity index is 5.18. The quantitative estimate of drug-likeness (QED) is 0.0222. The number of unbranched alkanes of at least 4 members (excludes halogenated alkanes) is 48. The molecule has 0 saturated carbocycles. The number of carbonyl (C=O) groups is 4. The predicted molar refractivity (Wildman–Crippen MR) is 372 cm³/mol. The fourth-order valence-corrected chi connectivity index (χ4v) is 12.8. The van der Waals surface area contributed by atoms with Crippen LogP contribution in [0, 0.1) is 0 Å². The van der Waals surface area contributed by atoms with E-state index in [2.05, 4.69) is 27.7 Å². The Morgan fingerprint density at radius 3 is 0.641 bits per heavy atom. The molecule has 92 heavy (non-hydrogen) atoms. The first-order valence-corrected chi connectivity index (χ1v) is 41.3. The van der Waals surface area contributed by atoms with Crippen molar-refractivity contribution >= 4 is 39.5 Å². The Kier molecular flexibility index (Phi) is 66.2. The van der Waals surface area contributed by atoms with Crippen LogP contribution in [-0.2, 0) is 65.4 Å². The molecule has 0 amide bonds. The minimum absolute atomic E-state index is 0.106. The zero-order valence-corrected chi connectivity index (χ0v) is 61.3. The first-order chi connectivity index (χ1) is 44.7. The summed E-state index contributed by atoms with van der Waals surface area (Å²) in [4.78, 5) is 72.5. The van der Waals surface area contributed by atoms with Gasteiger partial charge in [-0.15, -0.1) is 0 Å². The highest BCUT2D eigenvalue weighted by Crippen LogP contribution is 2.45. The maximum atomic E-state index is 13.1. The van der Waals surface area contributed by atoms with E-state index >= 15 is 0 Å². The van der Waals surface area contributed by atoms with Gasteiger partial charge in [0, 0.05) is 25.7 Å². The molecule has 0 aromatic rings. The summed E-state index contributed by atoms with van der Waals surface area (Å²) in [5.74, 6) is -2.12. The zero-order valence-electron chi connectivity index (χ0n) is 59.5. The number of rotatable bonds is 74. The van der Waals surface area contributed by atoms with Crippen LogP contribution in [0.25, 0.3) is 0 Å². The molecule has 17 nitrogen and oxygen atoms in total. The molecule has 0 heterocycles. The molecular weight excluding hydrogens is 1210 g/mol. The van der Waals surface area contributed by atoms with Crippen molar-refractivity contribution in [2.75, 3.05) is 39.6 Å². The van der Waals surface area contributed by atoms with Gasteiger partial charge in [-0.3, -0.25) is 37.3 Å². The van der Waals surface area contributed by atoms with Crippen LogP contribution in [0.1, 0.15) is 387 Å². The number of phosphoric ester groups is 2. The van der Waals surface area contributed by atoms with Gasteiger partial charge in [-0.05, 0) is 25.7 Å². The Morgan fingerprint density at radius 1 is 0.261 bits per heavy atom. The molecule has 0 aromatic heterocycles. The molecule has 0 saturated heterocycles. The van der Waals surface area contributed by atoms with Gasteiger partial charge in [0.05, 0.1) is 26.4 Å². The molecule has 0 bridgehead atoms. The predicted octanol–water partition coefficient (Wildman–Crippen LogP) is 21.4. The highest BCUT2D eigenvalue weighted by molar-refractivity contribution is 7.47. The lowest BCUT2D eigenvalue weighted by atomic mass is 10.0. The summed E-state index contributed by atoms with van der Waals surface area (Å²) < 4.78 is 68.3. The van der Waals surface area contributed by atoms with Crippen LogP contribution in [0.5, 0.6) is 0 Å². The lowest BCUT2D eigenvalue weighted by molar-refractivity contribution is -0.161. The molecule has 0 aliphatic carbocycles. The molecule has 2 unspecified atom stereocenters. The third-order valence-electron chi connectivity index (χ3n) is 17.1. The Bertz CT molecular complexity index is 1760. The Hall–Kier alpha value is -1.94. The van der Waals surface area contributed by atoms with Crippen molar-refractivity contribution in [2.24, 2.45) is 0 Å². The lowest BCUT2D eigenvalue weighted by Gasteiger charge is -2.21. The van der Waals surface area contributed by atoms with Crippen molar-refractivity contribution < 1.29 is 80.2 Å². The van der Waals surface area contributed by atoms with Gasteiger partial charge in [-0.1, -0.05) is 336 Å². The number of hydrogen-bond acceptors (Lipinski definition) is 15. The molecule has 0 rings (SSSR count). The van der Waals surface area contributed by atoms with E-state index in [1.54, 1.807) is 0 Å². The minimum atomic E-state index is -4.95. The van der Waals surface area contributed by atoms with Crippen LogP contribution in [0.4, 0.5) is 0 Å². The number of aliphatic hydroxyl groups excluding tert-OH is 1. The maximum Gasteiger partial charge on any atom is 0.472 e. The third-order valence-corrected chi connectivity index (χ3v) is 19.0. The van der Waals surface area contributed by atoms with Gasteiger partial charge < -0.3 is 33.8 Å². The van der Waals surface area contributed by atoms with E-state index in [1.807, 2.05) is 0 Å². The maximum absolute atomic E-state index is 13.1. The van der Waals surface area contributed by atoms with Crippen molar-refractivity contribution in [1.29, 1.82) is 0 Å². The van der Waals surface area contributed by atoms with Gasteiger partial charge in [-0.25, -0.2) is 9.13 Å². The van der Waals surface area contributed by atoms with E-state index in [9.17, 15) is 43.2 Å². The van der Waals surface area contributed by atoms with E-state index in [1.165, 1.54) is 218 Å². The summed E-state index contributed by atoms with van der Waals surface area (Å²) >= 11 is 0. The molecule has 0 fully saturated rings. The van der Waals surface area contributed by atoms with Crippen molar-refractivity contribution in [3.63, 3.8) is 0 Å². The van der Waals surface area contributed by atoms with Gasteiger partial charge in [0.25, 0.3) is 0 Å².